The molecule has 0 bridgehead atoms. The van der Waals surface area contributed by atoms with E-state index in [1.54, 1.807) is 0 Å². The van der Waals surface area contributed by atoms with Gasteiger partial charge in [-0.25, -0.2) is 0 Å². The smallest absolute Gasteiger partial charge is 0.0483 e. The van der Waals surface area contributed by atoms with Crippen molar-refractivity contribution in [2.24, 2.45) is 0 Å². The summed E-state index contributed by atoms with van der Waals surface area (Å²) in [5, 5.41) is 4.43. The molecule has 16 heavy (non-hydrogen) atoms. The molecule has 1 aromatic rings. The Morgan fingerprint density at radius 1 is 1.31 bits per heavy atom. The van der Waals surface area contributed by atoms with Crippen LogP contribution in [-0.2, 0) is 11.3 Å². The molecular formula is C13H18ClNO. The molecule has 0 atom stereocenters. The summed E-state index contributed by atoms with van der Waals surface area (Å²) in [5.74, 6) is 0. The van der Waals surface area contributed by atoms with Crippen LogP contribution < -0.4 is 5.32 Å². The van der Waals surface area contributed by atoms with Gasteiger partial charge in [-0.15, -0.1) is 0 Å². The molecule has 1 aliphatic heterocycles. The van der Waals surface area contributed by atoms with Gasteiger partial charge < -0.3 is 10.1 Å². The van der Waals surface area contributed by atoms with Crippen molar-refractivity contribution in [3.05, 3.63) is 34.9 Å². The fraction of sp³-hybridized carbons (Fsp3) is 0.538. The third-order valence-corrected chi connectivity index (χ3v) is 3.63. The molecule has 0 amide bonds. The minimum atomic E-state index is 0.192. The van der Waals surface area contributed by atoms with Crippen molar-refractivity contribution in [3.63, 3.8) is 0 Å². The van der Waals surface area contributed by atoms with Crippen LogP contribution in [0.5, 0.6) is 0 Å². The molecule has 1 heterocycles. The lowest BCUT2D eigenvalue weighted by Gasteiger charge is -2.34. The summed E-state index contributed by atoms with van der Waals surface area (Å²) >= 11 is 6.12. The normalized spacial score (nSPS) is 19.6. The first-order chi connectivity index (χ1) is 7.70. The lowest BCUT2D eigenvalue weighted by atomic mass is 9.92. The number of benzene rings is 1. The lowest BCUT2D eigenvalue weighted by molar-refractivity contribution is 0.0446. The lowest BCUT2D eigenvalue weighted by Crippen LogP contribution is -2.46. The molecule has 0 spiro atoms. The summed E-state index contributed by atoms with van der Waals surface area (Å²) in [6.45, 7) is 4.79. The van der Waals surface area contributed by atoms with Crippen LogP contribution in [0.15, 0.2) is 24.3 Å². The second-order valence-electron chi connectivity index (χ2n) is 4.62. The van der Waals surface area contributed by atoms with Crippen LogP contribution in [0.25, 0.3) is 0 Å². The van der Waals surface area contributed by atoms with E-state index in [1.165, 1.54) is 0 Å². The molecule has 1 aliphatic rings. The first kappa shape index (κ1) is 11.9. The number of nitrogens with one attached hydrogen (secondary N) is 1. The van der Waals surface area contributed by atoms with E-state index in [-0.39, 0.29) is 5.54 Å². The molecule has 88 valence electrons. The van der Waals surface area contributed by atoms with Crippen LogP contribution in [-0.4, -0.2) is 18.8 Å². The predicted octanol–water partition coefficient (Wildman–Crippen LogP) is 3.00. The Bertz CT molecular complexity index is 348. The van der Waals surface area contributed by atoms with Gasteiger partial charge >= 0.3 is 0 Å². The highest BCUT2D eigenvalue weighted by Gasteiger charge is 2.26. The monoisotopic (exact) mass is 239 g/mol. The van der Waals surface area contributed by atoms with E-state index < -0.39 is 0 Å². The summed E-state index contributed by atoms with van der Waals surface area (Å²) in [4.78, 5) is 0. The standard InChI is InChI=1S/C13H18ClNO/c1-13(6-8-16-9-7-13)15-10-11-4-2-3-5-12(11)14/h2-5,15H,6-10H2,1H3. The number of halogens is 1. The molecule has 0 unspecified atom stereocenters. The Labute approximate surface area is 102 Å². The molecule has 1 aromatic carbocycles. The van der Waals surface area contributed by atoms with Crippen molar-refractivity contribution in [1.29, 1.82) is 0 Å². The van der Waals surface area contributed by atoms with E-state index in [1.807, 2.05) is 18.2 Å². The van der Waals surface area contributed by atoms with Crippen molar-refractivity contribution < 1.29 is 4.74 Å². The van der Waals surface area contributed by atoms with E-state index in [0.29, 0.717) is 0 Å². The van der Waals surface area contributed by atoms with E-state index >= 15 is 0 Å². The highest BCUT2D eigenvalue weighted by molar-refractivity contribution is 6.31. The molecule has 1 saturated heterocycles. The summed E-state index contributed by atoms with van der Waals surface area (Å²) in [5.41, 5.74) is 1.36. The Morgan fingerprint density at radius 3 is 2.69 bits per heavy atom. The third-order valence-electron chi connectivity index (χ3n) is 3.26. The summed E-state index contributed by atoms with van der Waals surface area (Å²) in [6.07, 6.45) is 2.13. The van der Waals surface area contributed by atoms with Crippen molar-refractivity contribution in [2.75, 3.05) is 13.2 Å². The van der Waals surface area contributed by atoms with E-state index in [0.717, 1.165) is 43.2 Å². The zero-order chi connectivity index (χ0) is 11.4. The van der Waals surface area contributed by atoms with Crippen LogP contribution in [0.3, 0.4) is 0 Å². The highest BCUT2D eigenvalue weighted by atomic mass is 35.5. The van der Waals surface area contributed by atoms with Crippen LogP contribution in [0.1, 0.15) is 25.3 Å². The Hall–Kier alpha value is -0.570. The van der Waals surface area contributed by atoms with Gasteiger partial charge in [-0.1, -0.05) is 29.8 Å². The van der Waals surface area contributed by atoms with Gasteiger partial charge in [0.25, 0.3) is 0 Å². The van der Waals surface area contributed by atoms with Crippen molar-refractivity contribution in [3.8, 4) is 0 Å². The Kier molecular flexibility index (Phi) is 3.85. The quantitative estimate of drug-likeness (QED) is 0.876. The van der Waals surface area contributed by atoms with Gasteiger partial charge in [0.15, 0.2) is 0 Å². The topological polar surface area (TPSA) is 21.3 Å². The molecule has 1 N–H and O–H groups in total. The first-order valence-electron chi connectivity index (χ1n) is 5.76. The number of rotatable bonds is 3. The molecule has 1 fully saturated rings. The Morgan fingerprint density at radius 2 is 2.00 bits per heavy atom. The second-order valence-corrected chi connectivity index (χ2v) is 5.03. The molecular weight excluding hydrogens is 222 g/mol. The SMILES string of the molecule is CC1(NCc2ccccc2Cl)CCOCC1. The second kappa shape index (κ2) is 5.17. The summed E-state index contributed by atoms with van der Waals surface area (Å²) in [7, 11) is 0. The number of hydrogen-bond acceptors (Lipinski definition) is 2. The van der Waals surface area contributed by atoms with Crippen molar-refractivity contribution in [1.82, 2.24) is 5.32 Å². The van der Waals surface area contributed by atoms with Gasteiger partial charge in [0, 0.05) is 30.3 Å². The molecule has 3 heteroatoms. The third kappa shape index (κ3) is 2.97. The predicted molar refractivity (Wildman–Crippen MR) is 66.7 cm³/mol. The zero-order valence-electron chi connectivity index (χ0n) is 9.63. The fourth-order valence-corrected chi connectivity index (χ4v) is 2.15. The van der Waals surface area contributed by atoms with Crippen LogP contribution in [0.4, 0.5) is 0 Å². The van der Waals surface area contributed by atoms with E-state index in [4.69, 9.17) is 16.3 Å². The average Bonchev–Trinajstić information content (AvgIpc) is 2.29. The van der Waals surface area contributed by atoms with Crippen molar-refractivity contribution >= 4 is 11.6 Å². The van der Waals surface area contributed by atoms with Gasteiger partial charge in [-0.3, -0.25) is 0 Å². The van der Waals surface area contributed by atoms with Crippen LogP contribution in [0, 0.1) is 0 Å². The highest BCUT2D eigenvalue weighted by Crippen LogP contribution is 2.22. The first-order valence-corrected chi connectivity index (χ1v) is 6.14. The molecule has 2 rings (SSSR count). The summed E-state index contributed by atoms with van der Waals surface area (Å²) < 4.78 is 5.37. The number of ether oxygens (including phenoxy) is 1. The van der Waals surface area contributed by atoms with Gasteiger partial charge in [-0.05, 0) is 31.4 Å². The van der Waals surface area contributed by atoms with Crippen LogP contribution >= 0.6 is 11.6 Å². The van der Waals surface area contributed by atoms with Gasteiger partial charge in [0.2, 0.25) is 0 Å². The van der Waals surface area contributed by atoms with Crippen LogP contribution in [0.2, 0.25) is 5.02 Å². The van der Waals surface area contributed by atoms with Gasteiger partial charge in [0.05, 0.1) is 0 Å². The maximum absolute atomic E-state index is 6.12. The molecule has 0 aliphatic carbocycles. The molecule has 0 saturated carbocycles. The fourth-order valence-electron chi connectivity index (χ4n) is 1.95. The zero-order valence-corrected chi connectivity index (χ0v) is 10.4. The van der Waals surface area contributed by atoms with E-state index in [2.05, 4.69) is 18.3 Å². The van der Waals surface area contributed by atoms with Crippen molar-refractivity contribution in [2.45, 2.75) is 31.8 Å². The van der Waals surface area contributed by atoms with Gasteiger partial charge in [-0.2, -0.15) is 0 Å². The Balaban J connectivity index is 1.94. The molecule has 0 radical (unpaired) electrons. The maximum atomic E-state index is 6.12. The van der Waals surface area contributed by atoms with Gasteiger partial charge in [0.1, 0.15) is 0 Å². The molecule has 0 aromatic heterocycles. The minimum Gasteiger partial charge on any atom is -0.381 e. The largest absolute Gasteiger partial charge is 0.381 e. The summed E-state index contributed by atoms with van der Waals surface area (Å²) in [6, 6.07) is 7.99. The molecule has 2 nitrogen and oxygen atoms in total. The number of hydrogen-bond donors (Lipinski definition) is 1. The average molecular weight is 240 g/mol. The van der Waals surface area contributed by atoms with E-state index in [9.17, 15) is 0 Å². The minimum absolute atomic E-state index is 0.192. The maximum Gasteiger partial charge on any atom is 0.0483 e.